The van der Waals surface area contributed by atoms with Gasteiger partial charge in [-0.25, -0.2) is 0 Å². The Labute approximate surface area is 395 Å². The minimum absolute atomic E-state index is 0.0408. The summed E-state index contributed by atoms with van der Waals surface area (Å²) in [6, 6.07) is 2.09. The molecule has 0 aromatic carbocycles. The van der Waals surface area contributed by atoms with E-state index >= 15 is 0 Å². The van der Waals surface area contributed by atoms with Gasteiger partial charge >= 0.3 is 94.2 Å². The Hall–Kier alpha value is 2.26. The third-order valence-corrected chi connectivity index (χ3v) is 59.2. The Morgan fingerprint density at radius 1 is 0.274 bits per heavy atom. The van der Waals surface area contributed by atoms with Crippen molar-refractivity contribution in [3.63, 3.8) is 0 Å². The lowest BCUT2D eigenvalue weighted by Crippen LogP contribution is -2.63. The molecule has 0 radical (unpaired) electrons. The molecule has 1 N–H and O–H groups in total. The van der Waals surface area contributed by atoms with Gasteiger partial charge in [0.2, 0.25) is 0 Å². The van der Waals surface area contributed by atoms with Crippen molar-refractivity contribution >= 4 is 111 Å². The molecule has 0 spiro atoms. The standard InChI is InChI=1S/C35H98O14Si13/c1-28-29-34-50(2,3)38-52(6,7)40-54(10,11)42-56(14,15)44-58(18,19)46-60(22,23)48-62(26,27)49-61(24,25)47-59(20,21)45-57(16,17)43-55(12,13)41-53(8,9)39-51(4,5)35-30-32-37-33-31-36/h36H,28-35H2,1-27H3. The normalized spacial score (nSPS) is 15.5. The van der Waals surface area contributed by atoms with Gasteiger partial charge in [0.1, 0.15) is 0 Å². The van der Waals surface area contributed by atoms with Gasteiger partial charge < -0.3 is 59.2 Å². The molecule has 14 nitrogen and oxygen atoms in total. The van der Waals surface area contributed by atoms with Crippen molar-refractivity contribution in [1.82, 2.24) is 0 Å². The fraction of sp³-hybridized carbons (Fsp3) is 1.00. The number of aliphatic hydroxyl groups excluding tert-OH is 1. The summed E-state index contributed by atoms with van der Waals surface area (Å²) >= 11 is 0. The quantitative estimate of drug-likeness (QED) is 0.0492. The van der Waals surface area contributed by atoms with Crippen LogP contribution in [0.5, 0.6) is 0 Å². The van der Waals surface area contributed by atoms with Crippen LogP contribution in [0.4, 0.5) is 0 Å². The van der Waals surface area contributed by atoms with E-state index in [-0.39, 0.29) is 6.61 Å². The molecule has 0 saturated heterocycles. The smallest absolute Gasteiger partial charge is 0.314 e. The molecule has 0 fully saturated rings. The lowest BCUT2D eigenvalue weighted by Gasteiger charge is -2.45. The lowest BCUT2D eigenvalue weighted by atomic mass is 10.4. The highest BCUT2D eigenvalue weighted by atomic mass is 28.5. The number of unbranched alkanes of at least 4 members (excludes halogenated alkanes) is 1. The van der Waals surface area contributed by atoms with Crippen LogP contribution in [0.15, 0.2) is 0 Å². The number of rotatable bonds is 33. The molecule has 62 heavy (non-hydrogen) atoms. The molecule has 0 unspecified atom stereocenters. The highest BCUT2D eigenvalue weighted by Crippen LogP contribution is 2.33. The first-order chi connectivity index (χ1) is 27.1. The van der Waals surface area contributed by atoms with Crippen LogP contribution < -0.4 is 0 Å². The Kier molecular flexibility index (Phi) is 24.8. The van der Waals surface area contributed by atoms with Crippen molar-refractivity contribution in [3.8, 4) is 0 Å². The molecule has 0 aliphatic rings. The van der Waals surface area contributed by atoms with Gasteiger partial charge in [-0.2, -0.15) is 0 Å². The summed E-state index contributed by atoms with van der Waals surface area (Å²) in [7, 11) is -33.3. The van der Waals surface area contributed by atoms with Gasteiger partial charge in [-0.15, -0.1) is 0 Å². The van der Waals surface area contributed by atoms with Gasteiger partial charge in [-0.05, 0) is 189 Å². The fourth-order valence-corrected chi connectivity index (χ4v) is 75.9. The zero-order valence-electron chi connectivity index (χ0n) is 44.9. The van der Waals surface area contributed by atoms with Crippen LogP contribution in [0.1, 0.15) is 26.2 Å². The molecule has 0 rings (SSSR count). The fourth-order valence-electron chi connectivity index (χ4n) is 8.95. The lowest BCUT2D eigenvalue weighted by molar-refractivity contribution is 0.0923. The van der Waals surface area contributed by atoms with E-state index in [9.17, 15) is 0 Å². The van der Waals surface area contributed by atoms with Crippen LogP contribution in [-0.2, 0) is 54.1 Å². The first-order valence-electron chi connectivity index (χ1n) is 22.7. The molecule has 0 bridgehead atoms. The van der Waals surface area contributed by atoms with Crippen molar-refractivity contribution < 1.29 is 59.2 Å². The van der Waals surface area contributed by atoms with E-state index in [0.29, 0.717) is 13.2 Å². The maximum Gasteiger partial charge on any atom is 0.314 e. The van der Waals surface area contributed by atoms with Crippen molar-refractivity contribution in [2.75, 3.05) is 19.8 Å². The van der Waals surface area contributed by atoms with Crippen LogP contribution >= 0.6 is 0 Å². The molecular formula is C35H98O14Si13. The summed E-state index contributed by atoms with van der Waals surface area (Å²) in [6.07, 6.45) is 3.25. The number of ether oxygens (including phenoxy) is 1. The zero-order chi connectivity index (χ0) is 49.3. The van der Waals surface area contributed by atoms with Gasteiger partial charge in [-0.1, -0.05) is 19.8 Å². The summed E-state index contributed by atoms with van der Waals surface area (Å²) in [5, 5.41) is 8.99. The third-order valence-electron chi connectivity index (χ3n) is 8.40. The average Bonchev–Trinajstić information content (AvgIpc) is 2.87. The second-order valence-electron chi connectivity index (χ2n) is 22.7. The Morgan fingerprint density at radius 3 is 0.661 bits per heavy atom. The Morgan fingerprint density at radius 2 is 0.468 bits per heavy atom. The van der Waals surface area contributed by atoms with Crippen LogP contribution in [0.2, 0.25) is 182 Å². The predicted octanol–water partition coefficient (Wildman–Crippen LogP) is 11.5. The zero-order valence-corrected chi connectivity index (χ0v) is 57.9. The van der Waals surface area contributed by atoms with Crippen molar-refractivity contribution in [3.05, 3.63) is 0 Å². The number of hydrogen-bond acceptors (Lipinski definition) is 14. The highest BCUT2D eigenvalue weighted by Gasteiger charge is 2.52. The van der Waals surface area contributed by atoms with Gasteiger partial charge in [0.15, 0.2) is 16.6 Å². The van der Waals surface area contributed by atoms with Crippen LogP contribution in [0, 0.1) is 0 Å². The molecule has 0 aliphatic heterocycles. The highest BCUT2D eigenvalue weighted by molar-refractivity contribution is 6.94. The van der Waals surface area contributed by atoms with Crippen LogP contribution in [0.3, 0.4) is 0 Å². The number of hydrogen-bond donors (Lipinski definition) is 1. The molecule has 374 valence electrons. The summed E-state index contributed by atoms with van der Waals surface area (Å²) in [5.74, 6) is 0. The Bertz CT molecular complexity index is 1350. The summed E-state index contributed by atoms with van der Waals surface area (Å²) in [6.45, 7) is 58.2. The second kappa shape index (κ2) is 23.9. The van der Waals surface area contributed by atoms with E-state index in [1.54, 1.807) is 0 Å². The third kappa shape index (κ3) is 30.7. The molecule has 0 aliphatic carbocycles. The van der Waals surface area contributed by atoms with E-state index in [4.69, 9.17) is 59.2 Å². The van der Waals surface area contributed by atoms with E-state index in [2.05, 4.69) is 177 Å². The number of aliphatic hydroxyl groups is 1. The van der Waals surface area contributed by atoms with E-state index < -0.39 is 111 Å². The van der Waals surface area contributed by atoms with Crippen molar-refractivity contribution in [2.45, 2.75) is 208 Å². The van der Waals surface area contributed by atoms with Crippen LogP contribution in [0.25, 0.3) is 0 Å². The predicted molar refractivity (Wildman–Crippen MR) is 287 cm³/mol. The molecule has 0 amide bonds. The minimum Gasteiger partial charge on any atom is -0.436 e. The van der Waals surface area contributed by atoms with Gasteiger partial charge in [0.05, 0.1) is 13.2 Å². The first kappa shape index (κ1) is 64.3. The summed E-state index contributed by atoms with van der Waals surface area (Å²) < 4.78 is 87.3. The first-order valence-corrected chi connectivity index (χ1v) is 59.9. The van der Waals surface area contributed by atoms with E-state index in [1.165, 1.54) is 12.8 Å². The van der Waals surface area contributed by atoms with Crippen molar-refractivity contribution in [1.29, 1.82) is 0 Å². The van der Waals surface area contributed by atoms with Crippen LogP contribution in [-0.4, -0.2) is 136 Å². The largest absolute Gasteiger partial charge is 0.436 e. The second-order valence-corrected chi connectivity index (χ2v) is 71.3. The molecule has 0 aromatic rings. The molecule has 0 atom stereocenters. The minimum atomic E-state index is -2.77. The maximum absolute atomic E-state index is 8.99. The molecular weight excluding hydrogens is 1010 g/mol. The van der Waals surface area contributed by atoms with Gasteiger partial charge in [0, 0.05) is 6.61 Å². The monoisotopic (exact) mass is 1110 g/mol. The van der Waals surface area contributed by atoms with Gasteiger partial charge in [0.25, 0.3) is 0 Å². The Balaban J connectivity index is 5.58. The molecule has 0 heterocycles. The van der Waals surface area contributed by atoms with E-state index in [1.807, 2.05) is 0 Å². The van der Waals surface area contributed by atoms with E-state index in [0.717, 1.165) is 18.5 Å². The summed E-state index contributed by atoms with van der Waals surface area (Å²) in [5.41, 5.74) is 0. The molecule has 0 saturated carbocycles. The summed E-state index contributed by atoms with van der Waals surface area (Å²) in [4.78, 5) is 0. The average molecular weight is 1110 g/mol. The van der Waals surface area contributed by atoms with Crippen molar-refractivity contribution in [2.24, 2.45) is 0 Å². The SMILES string of the molecule is CCCC[Si](C)(C)O[Si](C)(C)O[Si](C)(C)O[Si](C)(C)O[Si](C)(C)O[Si](C)(C)O[Si](C)(C)O[Si](C)(C)O[Si](C)(C)O[Si](C)(C)O[Si](C)(C)O[Si](C)(C)O[Si](C)(C)CCCOCCO. The van der Waals surface area contributed by atoms with Gasteiger partial charge in [-0.3, -0.25) is 0 Å². The molecule has 27 heteroatoms. The maximum atomic E-state index is 8.99. The molecule has 0 aromatic heterocycles. The topological polar surface area (TPSA) is 140 Å².